The lowest BCUT2D eigenvalue weighted by Gasteiger charge is -2.29. The van der Waals surface area contributed by atoms with Crippen LogP contribution >= 0.6 is 0 Å². The van der Waals surface area contributed by atoms with Gasteiger partial charge in [0.1, 0.15) is 11.5 Å². The Labute approximate surface area is 137 Å². The van der Waals surface area contributed by atoms with Gasteiger partial charge in [-0.3, -0.25) is 9.69 Å². The van der Waals surface area contributed by atoms with Gasteiger partial charge in [0.15, 0.2) is 0 Å². The minimum absolute atomic E-state index is 0.0326. The summed E-state index contributed by atoms with van der Waals surface area (Å²) in [7, 11) is 0. The van der Waals surface area contributed by atoms with E-state index in [1.54, 1.807) is 0 Å². The van der Waals surface area contributed by atoms with Crippen molar-refractivity contribution in [3.63, 3.8) is 0 Å². The van der Waals surface area contributed by atoms with Crippen molar-refractivity contribution in [1.29, 1.82) is 0 Å². The van der Waals surface area contributed by atoms with Gasteiger partial charge in [-0.15, -0.1) is 0 Å². The van der Waals surface area contributed by atoms with Crippen LogP contribution in [0.2, 0.25) is 0 Å². The van der Waals surface area contributed by atoms with Crippen molar-refractivity contribution in [3.05, 3.63) is 59.7 Å². The molecule has 120 valence electrons. The van der Waals surface area contributed by atoms with Crippen molar-refractivity contribution in [2.45, 2.75) is 19.9 Å². The maximum atomic E-state index is 12.5. The Morgan fingerprint density at radius 2 is 1.52 bits per heavy atom. The average Bonchev–Trinajstić information content (AvgIpc) is 2.59. The molecule has 0 radical (unpaired) electrons. The summed E-state index contributed by atoms with van der Waals surface area (Å²) in [6.07, 6.45) is 0. The molecule has 2 aromatic carbocycles. The van der Waals surface area contributed by atoms with Crippen LogP contribution in [0.25, 0.3) is 0 Å². The quantitative estimate of drug-likeness (QED) is 0.921. The lowest BCUT2D eigenvalue weighted by atomic mass is 9.94. The number of hydrogen-bond donors (Lipinski definition) is 1. The minimum atomic E-state index is -0.167. The van der Waals surface area contributed by atoms with Crippen LogP contribution < -0.4 is 10.1 Å². The molecule has 0 aromatic heterocycles. The predicted octanol–water partition coefficient (Wildman–Crippen LogP) is 3.34. The van der Waals surface area contributed by atoms with E-state index in [1.807, 2.05) is 48.5 Å². The van der Waals surface area contributed by atoms with Crippen molar-refractivity contribution in [2.75, 3.05) is 19.6 Å². The maximum Gasteiger partial charge on any atom is 0.234 e. The van der Waals surface area contributed by atoms with Crippen LogP contribution in [0, 0.1) is 0 Å². The fourth-order valence-electron chi connectivity index (χ4n) is 2.92. The maximum absolute atomic E-state index is 12.5. The molecular weight excluding hydrogens is 288 g/mol. The average molecular weight is 310 g/mol. The zero-order valence-corrected chi connectivity index (χ0v) is 13.6. The van der Waals surface area contributed by atoms with E-state index in [1.165, 1.54) is 0 Å². The summed E-state index contributed by atoms with van der Waals surface area (Å²) in [5.74, 6) is 1.64. The number of ether oxygens (including phenoxy) is 1. The Hall–Kier alpha value is -2.33. The third-order valence-corrected chi connectivity index (χ3v) is 4.25. The van der Waals surface area contributed by atoms with Gasteiger partial charge in [-0.05, 0) is 25.2 Å². The molecule has 0 unspecified atom stereocenters. The second-order valence-corrected chi connectivity index (χ2v) is 5.64. The molecule has 4 nitrogen and oxygen atoms in total. The summed E-state index contributed by atoms with van der Waals surface area (Å²) in [4.78, 5) is 14.6. The highest BCUT2D eigenvalue weighted by Gasteiger charge is 2.28. The molecule has 0 aliphatic carbocycles. The lowest BCUT2D eigenvalue weighted by Crippen LogP contribution is -2.39. The molecule has 0 spiro atoms. The van der Waals surface area contributed by atoms with E-state index >= 15 is 0 Å². The lowest BCUT2D eigenvalue weighted by molar-refractivity contribution is -0.122. The highest BCUT2D eigenvalue weighted by atomic mass is 16.5. The normalized spacial score (nSPS) is 13.2. The Bertz CT molecular complexity index is 650. The van der Waals surface area contributed by atoms with E-state index in [4.69, 9.17) is 4.74 Å². The SMILES string of the molecule is CCN(CC)CC(=O)NC1c2ccccc2Oc2ccccc21. The molecule has 0 bridgehead atoms. The van der Waals surface area contributed by atoms with Gasteiger partial charge in [0.05, 0.1) is 12.6 Å². The molecule has 0 atom stereocenters. The molecule has 23 heavy (non-hydrogen) atoms. The third kappa shape index (κ3) is 3.22. The van der Waals surface area contributed by atoms with Crippen LogP contribution in [0.4, 0.5) is 0 Å². The molecule has 1 aliphatic rings. The molecule has 1 amide bonds. The zero-order valence-electron chi connectivity index (χ0n) is 13.6. The van der Waals surface area contributed by atoms with Crippen LogP contribution in [0.5, 0.6) is 11.5 Å². The monoisotopic (exact) mass is 310 g/mol. The molecule has 2 aromatic rings. The second kappa shape index (κ2) is 6.84. The minimum Gasteiger partial charge on any atom is -0.457 e. The fourth-order valence-corrected chi connectivity index (χ4v) is 2.92. The van der Waals surface area contributed by atoms with Crippen molar-refractivity contribution in [1.82, 2.24) is 10.2 Å². The number of hydrogen-bond acceptors (Lipinski definition) is 3. The summed E-state index contributed by atoms with van der Waals surface area (Å²) < 4.78 is 5.95. The van der Waals surface area contributed by atoms with Gasteiger partial charge in [0, 0.05) is 11.1 Å². The van der Waals surface area contributed by atoms with E-state index in [-0.39, 0.29) is 11.9 Å². The third-order valence-electron chi connectivity index (χ3n) is 4.25. The summed E-state index contributed by atoms with van der Waals surface area (Å²) in [6.45, 7) is 6.27. The Morgan fingerprint density at radius 1 is 1.00 bits per heavy atom. The summed E-state index contributed by atoms with van der Waals surface area (Å²) in [5, 5.41) is 3.17. The van der Waals surface area contributed by atoms with Crippen molar-refractivity contribution in [2.24, 2.45) is 0 Å². The van der Waals surface area contributed by atoms with Crippen LogP contribution in [0.15, 0.2) is 48.5 Å². The van der Waals surface area contributed by atoms with E-state index in [0.717, 1.165) is 35.7 Å². The fraction of sp³-hybridized carbons (Fsp3) is 0.316. The molecule has 1 aliphatic heterocycles. The van der Waals surface area contributed by atoms with Gasteiger partial charge in [0.2, 0.25) is 5.91 Å². The number of benzene rings is 2. The van der Waals surface area contributed by atoms with Gasteiger partial charge in [-0.25, -0.2) is 0 Å². The van der Waals surface area contributed by atoms with Crippen molar-refractivity contribution in [3.8, 4) is 11.5 Å². The van der Waals surface area contributed by atoms with Crippen LogP contribution in [-0.4, -0.2) is 30.4 Å². The molecule has 0 saturated carbocycles. The molecule has 4 heteroatoms. The van der Waals surface area contributed by atoms with Crippen molar-refractivity contribution >= 4 is 5.91 Å². The number of carbonyl (C=O) groups is 1. The predicted molar refractivity (Wildman–Crippen MR) is 90.7 cm³/mol. The van der Waals surface area contributed by atoms with Gasteiger partial charge >= 0.3 is 0 Å². The first-order valence-corrected chi connectivity index (χ1v) is 8.10. The first-order valence-electron chi connectivity index (χ1n) is 8.10. The molecule has 1 heterocycles. The van der Waals surface area contributed by atoms with Gasteiger partial charge in [0.25, 0.3) is 0 Å². The van der Waals surface area contributed by atoms with Gasteiger partial charge in [-0.1, -0.05) is 50.2 Å². The summed E-state index contributed by atoms with van der Waals surface area (Å²) >= 11 is 0. The first kappa shape index (κ1) is 15.6. The highest BCUT2D eigenvalue weighted by Crippen LogP contribution is 2.42. The number of nitrogens with one attached hydrogen (secondary N) is 1. The standard InChI is InChI=1S/C19H22N2O2/c1-3-21(4-2)13-18(22)20-19-14-9-5-7-11-16(14)23-17-12-8-6-10-15(17)19/h5-12,19H,3-4,13H2,1-2H3,(H,20,22). The van der Waals surface area contributed by atoms with Crippen LogP contribution in [-0.2, 0) is 4.79 Å². The molecule has 3 rings (SSSR count). The number of rotatable bonds is 5. The number of para-hydroxylation sites is 2. The summed E-state index contributed by atoms with van der Waals surface area (Å²) in [6, 6.07) is 15.6. The number of likely N-dealkylation sites (N-methyl/N-ethyl adjacent to an activating group) is 1. The molecule has 1 N–H and O–H groups in total. The van der Waals surface area contributed by atoms with Crippen LogP contribution in [0.3, 0.4) is 0 Å². The smallest absolute Gasteiger partial charge is 0.234 e. The Kier molecular flexibility index (Phi) is 4.63. The number of carbonyl (C=O) groups excluding carboxylic acids is 1. The zero-order chi connectivity index (χ0) is 16.2. The van der Waals surface area contributed by atoms with E-state index in [2.05, 4.69) is 24.1 Å². The van der Waals surface area contributed by atoms with Gasteiger partial charge < -0.3 is 10.1 Å². The first-order chi connectivity index (χ1) is 11.2. The van der Waals surface area contributed by atoms with E-state index in [9.17, 15) is 4.79 Å². The second-order valence-electron chi connectivity index (χ2n) is 5.64. The molecule has 0 fully saturated rings. The molecule has 0 saturated heterocycles. The van der Waals surface area contributed by atoms with Crippen LogP contribution in [0.1, 0.15) is 31.0 Å². The Morgan fingerprint density at radius 3 is 2.04 bits per heavy atom. The van der Waals surface area contributed by atoms with Crippen molar-refractivity contribution < 1.29 is 9.53 Å². The number of fused-ring (bicyclic) bond motifs is 2. The number of nitrogens with zero attached hydrogens (tertiary/aromatic N) is 1. The topological polar surface area (TPSA) is 41.6 Å². The number of amides is 1. The summed E-state index contributed by atoms with van der Waals surface area (Å²) in [5.41, 5.74) is 2.00. The van der Waals surface area contributed by atoms with E-state index < -0.39 is 0 Å². The largest absolute Gasteiger partial charge is 0.457 e. The highest BCUT2D eigenvalue weighted by molar-refractivity contribution is 5.79. The molecular formula is C19H22N2O2. The van der Waals surface area contributed by atoms with E-state index in [0.29, 0.717) is 6.54 Å². The Balaban J connectivity index is 1.88. The van der Waals surface area contributed by atoms with Gasteiger partial charge in [-0.2, -0.15) is 0 Å².